The Morgan fingerprint density at radius 3 is 2.85 bits per heavy atom. The van der Waals surface area contributed by atoms with Crippen LogP contribution in [0.25, 0.3) is 0 Å². The molecule has 2 aromatic rings. The van der Waals surface area contributed by atoms with Gasteiger partial charge in [-0.05, 0) is 36.8 Å². The molecule has 0 fully saturated rings. The number of anilines is 1. The molecule has 3 rings (SSSR count). The first-order valence-electron chi connectivity index (χ1n) is 9.06. The van der Waals surface area contributed by atoms with E-state index < -0.39 is 0 Å². The first-order chi connectivity index (χ1) is 12.8. The van der Waals surface area contributed by atoms with Crippen molar-refractivity contribution in [2.24, 2.45) is 4.99 Å². The van der Waals surface area contributed by atoms with E-state index in [4.69, 9.17) is 0 Å². The first kappa shape index (κ1) is 18.1. The molecule has 6 heteroatoms. The van der Waals surface area contributed by atoms with Gasteiger partial charge in [-0.2, -0.15) is 0 Å². The van der Waals surface area contributed by atoms with Crippen LogP contribution < -0.4 is 16.0 Å². The summed E-state index contributed by atoms with van der Waals surface area (Å²) in [5.41, 5.74) is 2.17. The van der Waals surface area contributed by atoms with Gasteiger partial charge in [-0.1, -0.05) is 18.2 Å². The third-order valence-electron chi connectivity index (χ3n) is 4.20. The average Bonchev–Trinajstić information content (AvgIpc) is 2.69. The summed E-state index contributed by atoms with van der Waals surface area (Å²) < 4.78 is 0. The van der Waals surface area contributed by atoms with Crippen LogP contribution in [0, 0.1) is 0 Å². The highest BCUT2D eigenvalue weighted by molar-refractivity contribution is 5.93. The molecule has 2 aromatic heterocycles. The Bertz CT molecular complexity index is 741. The maximum Gasteiger partial charge on any atom is 0.126 e. The van der Waals surface area contributed by atoms with Crippen molar-refractivity contribution in [1.82, 2.24) is 20.6 Å². The van der Waals surface area contributed by atoms with Crippen LogP contribution in [0.5, 0.6) is 0 Å². The van der Waals surface area contributed by atoms with E-state index in [1.807, 2.05) is 36.5 Å². The first-order valence-corrected chi connectivity index (χ1v) is 9.06. The fourth-order valence-electron chi connectivity index (χ4n) is 2.83. The predicted molar refractivity (Wildman–Crippen MR) is 106 cm³/mol. The maximum absolute atomic E-state index is 4.69. The Morgan fingerprint density at radius 2 is 2.00 bits per heavy atom. The minimum absolute atomic E-state index is 0.235. The molecule has 0 bridgehead atoms. The van der Waals surface area contributed by atoms with Crippen molar-refractivity contribution in [1.29, 1.82) is 0 Å². The number of nitrogens with one attached hydrogen (secondary N) is 3. The average molecular weight is 350 g/mol. The van der Waals surface area contributed by atoms with Gasteiger partial charge in [0.2, 0.25) is 0 Å². The van der Waals surface area contributed by atoms with Crippen molar-refractivity contribution in [3.8, 4) is 0 Å². The van der Waals surface area contributed by atoms with E-state index >= 15 is 0 Å². The van der Waals surface area contributed by atoms with Crippen molar-refractivity contribution in [2.75, 3.05) is 25.5 Å². The van der Waals surface area contributed by atoms with Crippen LogP contribution in [-0.2, 0) is 12.8 Å². The number of aromatic nitrogens is 2. The van der Waals surface area contributed by atoms with Crippen molar-refractivity contribution >= 4 is 11.7 Å². The van der Waals surface area contributed by atoms with E-state index in [1.165, 1.54) is 0 Å². The van der Waals surface area contributed by atoms with Gasteiger partial charge in [0.25, 0.3) is 0 Å². The van der Waals surface area contributed by atoms with Crippen molar-refractivity contribution < 1.29 is 0 Å². The largest absolute Gasteiger partial charge is 0.370 e. The van der Waals surface area contributed by atoms with Gasteiger partial charge in [-0.15, -0.1) is 0 Å². The van der Waals surface area contributed by atoms with Gasteiger partial charge in [0.15, 0.2) is 0 Å². The zero-order valence-corrected chi connectivity index (χ0v) is 15.2. The molecule has 0 saturated heterocycles. The van der Waals surface area contributed by atoms with E-state index in [0.717, 1.165) is 55.4 Å². The fraction of sp³-hybridized carbons (Fsp3) is 0.350. The van der Waals surface area contributed by atoms with Crippen LogP contribution >= 0.6 is 0 Å². The summed E-state index contributed by atoms with van der Waals surface area (Å²) >= 11 is 0. The molecule has 136 valence electrons. The Hall–Kier alpha value is -2.73. The molecule has 0 spiro atoms. The Kier molecular flexibility index (Phi) is 6.73. The fourth-order valence-corrected chi connectivity index (χ4v) is 2.83. The van der Waals surface area contributed by atoms with Gasteiger partial charge < -0.3 is 10.6 Å². The molecular formula is C20H26N6. The summed E-state index contributed by atoms with van der Waals surface area (Å²) in [5, 5.41) is 10.2. The van der Waals surface area contributed by atoms with E-state index in [-0.39, 0.29) is 6.17 Å². The summed E-state index contributed by atoms with van der Waals surface area (Å²) in [6.07, 6.45) is 8.95. The van der Waals surface area contributed by atoms with Crippen molar-refractivity contribution in [3.05, 3.63) is 66.1 Å². The minimum atomic E-state index is 0.235. The van der Waals surface area contributed by atoms with Gasteiger partial charge in [-0.3, -0.25) is 15.3 Å². The lowest BCUT2D eigenvalue weighted by molar-refractivity contribution is 0.485. The lowest BCUT2D eigenvalue weighted by Gasteiger charge is -2.23. The molecule has 0 aliphatic carbocycles. The number of pyridine rings is 2. The number of hydrogen-bond acceptors (Lipinski definition) is 5. The van der Waals surface area contributed by atoms with Gasteiger partial charge in [0, 0.05) is 50.6 Å². The third-order valence-corrected chi connectivity index (χ3v) is 4.20. The minimum Gasteiger partial charge on any atom is -0.370 e. The molecule has 3 heterocycles. The Labute approximate surface area is 154 Å². The van der Waals surface area contributed by atoms with Crippen LogP contribution in [0.3, 0.4) is 0 Å². The molecule has 0 radical (unpaired) electrons. The summed E-state index contributed by atoms with van der Waals surface area (Å²) in [5.74, 6) is 1.84. The number of amidine groups is 1. The molecule has 6 nitrogen and oxygen atoms in total. The smallest absolute Gasteiger partial charge is 0.126 e. The highest BCUT2D eigenvalue weighted by Crippen LogP contribution is 2.06. The summed E-state index contributed by atoms with van der Waals surface area (Å²) in [7, 11) is 1.80. The van der Waals surface area contributed by atoms with Crippen LogP contribution in [0.4, 0.5) is 5.82 Å². The summed E-state index contributed by atoms with van der Waals surface area (Å²) in [4.78, 5) is 13.2. The second-order valence-corrected chi connectivity index (χ2v) is 6.16. The van der Waals surface area contributed by atoms with E-state index in [2.05, 4.69) is 49.1 Å². The van der Waals surface area contributed by atoms with Gasteiger partial charge in [-0.25, -0.2) is 4.98 Å². The van der Waals surface area contributed by atoms with Crippen LogP contribution in [0.2, 0.25) is 0 Å². The normalized spacial score (nSPS) is 17.9. The number of nitrogens with zero attached hydrogens (tertiary/aromatic N) is 3. The third kappa shape index (κ3) is 5.67. The summed E-state index contributed by atoms with van der Waals surface area (Å²) in [6.45, 7) is 1.69. The molecule has 0 aromatic carbocycles. The molecule has 1 aliphatic heterocycles. The van der Waals surface area contributed by atoms with Crippen LogP contribution in [0.1, 0.15) is 17.8 Å². The van der Waals surface area contributed by atoms with E-state index in [0.29, 0.717) is 0 Å². The highest BCUT2D eigenvalue weighted by atomic mass is 15.2. The van der Waals surface area contributed by atoms with E-state index in [1.54, 1.807) is 7.05 Å². The second-order valence-electron chi connectivity index (χ2n) is 6.16. The molecule has 3 N–H and O–H groups in total. The molecule has 26 heavy (non-hydrogen) atoms. The molecule has 1 unspecified atom stereocenters. The quantitative estimate of drug-likeness (QED) is 0.680. The lowest BCUT2D eigenvalue weighted by atomic mass is 10.2. The molecule has 0 amide bonds. The van der Waals surface area contributed by atoms with Crippen LogP contribution in [0.15, 0.2) is 59.7 Å². The van der Waals surface area contributed by atoms with Crippen LogP contribution in [-0.4, -0.2) is 42.1 Å². The lowest BCUT2D eigenvalue weighted by Crippen LogP contribution is -2.47. The maximum atomic E-state index is 4.69. The number of hydrogen-bond donors (Lipinski definition) is 3. The molecule has 0 saturated carbocycles. The van der Waals surface area contributed by atoms with Crippen molar-refractivity contribution in [3.63, 3.8) is 0 Å². The predicted octanol–water partition coefficient (Wildman–Crippen LogP) is 2.17. The van der Waals surface area contributed by atoms with E-state index in [9.17, 15) is 0 Å². The van der Waals surface area contributed by atoms with Gasteiger partial charge >= 0.3 is 0 Å². The zero-order valence-electron chi connectivity index (χ0n) is 15.2. The SMILES string of the molecule is CN=C1C=CCC(NCCc2cccc(NCCc3ccccn3)n2)N1. The standard InChI is InChI=1S/C20H26N6/c1-21-18-8-5-10-20(26-18)24-15-12-17-7-4-9-19(25-17)23-14-11-16-6-2-3-13-22-16/h2-9,13,20,24H,10-12,14-15H2,1H3,(H,21,26)(H,23,25). The molecule has 1 aliphatic rings. The van der Waals surface area contributed by atoms with Crippen molar-refractivity contribution in [2.45, 2.75) is 25.4 Å². The highest BCUT2D eigenvalue weighted by Gasteiger charge is 2.11. The second kappa shape index (κ2) is 9.68. The topological polar surface area (TPSA) is 74.2 Å². The summed E-state index contributed by atoms with van der Waals surface area (Å²) in [6, 6.07) is 12.1. The van der Waals surface area contributed by atoms with Gasteiger partial charge in [0.1, 0.15) is 11.7 Å². The number of rotatable bonds is 8. The zero-order chi connectivity index (χ0) is 18.0. The van der Waals surface area contributed by atoms with Gasteiger partial charge in [0.05, 0.1) is 6.17 Å². The number of aliphatic imine (C=N–C) groups is 1. The Morgan fingerprint density at radius 1 is 1.12 bits per heavy atom. The monoisotopic (exact) mass is 350 g/mol. The Balaban J connectivity index is 1.42. The molecule has 1 atom stereocenters. The molecular weight excluding hydrogens is 324 g/mol.